The van der Waals surface area contributed by atoms with E-state index in [1.54, 1.807) is 0 Å². The Morgan fingerprint density at radius 3 is 2.04 bits per heavy atom. The van der Waals surface area contributed by atoms with Gasteiger partial charge in [-0.1, -0.05) is 51.0 Å². The highest BCUT2D eigenvalue weighted by Gasteiger charge is 2.47. The van der Waals surface area contributed by atoms with E-state index in [0.29, 0.717) is 58.1 Å². The van der Waals surface area contributed by atoms with Crippen LogP contribution in [0.1, 0.15) is 124 Å². The van der Waals surface area contributed by atoms with Gasteiger partial charge in [0.1, 0.15) is 10.6 Å². The highest BCUT2D eigenvalue weighted by atomic mass is 32.2. The number of rotatable bonds is 7. The lowest BCUT2D eigenvalue weighted by Gasteiger charge is -2.31. The third-order valence-corrected chi connectivity index (χ3v) is 14.5. The van der Waals surface area contributed by atoms with Crippen LogP contribution in [0.25, 0.3) is 10.8 Å². The fourth-order valence-electron chi connectivity index (χ4n) is 10.3. The summed E-state index contributed by atoms with van der Waals surface area (Å²) in [5, 5.41) is 2.14. The van der Waals surface area contributed by atoms with Gasteiger partial charge in [-0.2, -0.15) is 16.8 Å². The Morgan fingerprint density at radius 1 is 0.800 bits per heavy atom. The maximum Gasteiger partial charge on any atom is 0.339 e. The van der Waals surface area contributed by atoms with Gasteiger partial charge in [-0.25, -0.2) is 0 Å². The van der Waals surface area contributed by atoms with Crippen LogP contribution in [0.3, 0.4) is 0 Å². The Balaban J connectivity index is 1.37. The summed E-state index contributed by atoms with van der Waals surface area (Å²) in [4.78, 5) is 0.288. The number of hydrogen-bond acceptors (Lipinski definition) is 5. The summed E-state index contributed by atoms with van der Waals surface area (Å²) >= 11 is 0. The maximum absolute atomic E-state index is 15.2. The molecule has 6 unspecified atom stereocenters. The summed E-state index contributed by atoms with van der Waals surface area (Å²) in [5.74, 6) is 2.71. The third kappa shape index (κ3) is 4.96. The van der Waals surface area contributed by atoms with E-state index in [1.807, 2.05) is 19.9 Å². The summed E-state index contributed by atoms with van der Waals surface area (Å²) in [5.41, 5.74) is 3.53. The van der Waals surface area contributed by atoms with Gasteiger partial charge >= 0.3 is 10.1 Å². The van der Waals surface area contributed by atoms with Crippen LogP contribution in [0, 0.1) is 23.7 Å². The average Bonchev–Trinajstić information content (AvgIpc) is 3.82. The molecule has 0 aromatic heterocycles. The topological polar surface area (TPSA) is 97.7 Å². The van der Waals surface area contributed by atoms with Crippen LogP contribution in [0.2, 0.25) is 0 Å². The van der Waals surface area contributed by atoms with Crippen LogP contribution >= 0.6 is 0 Å². The quantitative estimate of drug-likeness (QED) is 0.203. The van der Waals surface area contributed by atoms with Crippen molar-refractivity contribution in [1.29, 1.82) is 0 Å². The zero-order chi connectivity index (χ0) is 31.2. The summed E-state index contributed by atoms with van der Waals surface area (Å²) in [6.07, 6.45) is 11.7. The molecule has 3 aromatic carbocycles. The normalized spacial score (nSPS) is 29.2. The van der Waals surface area contributed by atoms with E-state index in [-0.39, 0.29) is 28.4 Å². The SMILES string of the molecule is CC(C)c1cc(S(=O)(=O)O)c2c(c1OS(=O)(=O)c1c(C3CC4CCC3C4)cc3ccccc3c1C1CC3CCC1C3)CCCC2. The molecule has 4 fully saturated rings. The molecule has 8 rings (SSSR count). The second kappa shape index (κ2) is 10.8. The third-order valence-electron chi connectivity index (χ3n) is 12.2. The van der Waals surface area contributed by atoms with Crippen molar-refractivity contribution in [3.8, 4) is 5.75 Å². The van der Waals surface area contributed by atoms with Gasteiger partial charge in [0.2, 0.25) is 0 Å². The van der Waals surface area contributed by atoms with Crippen molar-refractivity contribution >= 4 is 31.0 Å². The molecule has 1 N–H and O–H groups in total. The van der Waals surface area contributed by atoms with Crippen molar-refractivity contribution < 1.29 is 25.6 Å². The lowest BCUT2D eigenvalue weighted by atomic mass is 9.77. The standard InChI is InChI=1S/C37H44O6S2/c1-21(2)30-20-34(44(38,39)40)28-9-5-6-10-29(28)36(30)43-45(41,42)37-33(31-17-22-11-13-25(31)15-22)19-24-7-3-4-8-27(24)35(37)32-18-23-12-14-26(32)16-23/h3-4,7-8,19-23,25-26,31-32H,5-6,9-18H2,1-2H3,(H,38,39,40). The van der Waals surface area contributed by atoms with Crippen molar-refractivity contribution in [3.05, 3.63) is 64.2 Å². The van der Waals surface area contributed by atoms with E-state index >= 15 is 8.42 Å². The predicted octanol–water partition coefficient (Wildman–Crippen LogP) is 8.66. The fraction of sp³-hybridized carbons (Fsp3) is 0.568. The molecule has 6 nitrogen and oxygen atoms in total. The molecule has 5 aliphatic rings. The smallest absolute Gasteiger partial charge is 0.339 e. The number of hydrogen-bond donors (Lipinski definition) is 1. The molecule has 0 spiro atoms. The summed E-state index contributed by atoms with van der Waals surface area (Å²) in [7, 11) is -8.81. The molecule has 0 heterocycles. The van der Waals surface area contributed by atoms with Crippen molar-refractivity contribution in [2.75, 3.05) is 0 Å². The molecule has 6 atom stereocenters. The summed E-state index contributed by atoms with van der Waals surface area (Å²) in [6.45, 7) is 3.82. The van der Waals surface area contributed by atoms with Crippen molar-refractivity contribution in [2.45, 2.75) is 118 Å². The van der Waals surface area contributed by atoms with Crippen LogP contribution in [0.4, 0.5) is 0 Å². The zero-order valence-corrected chi connectivity index (χ0v) is 27.9. The predicted molar refractivity (Wildman–Crippen MR) is 175 cm³/mol. The molecule has 5 aliphatic carbocycles. The van der Waals surface area contributed by atoms with Crippen LogP contribution in [0.5, 0.6) is 5.75 Å². The number of benzene rings is 3. The summed E-state index contributed by atoms with van der Waals surface area (Å²) < 4.78 is 72.0. The first kappa shape index (κ1) is 29.9. The van der Waals surface area contributed by atoms with E-state index in [2.05, 4.69) is 24.3 Å². The van der Waals surface area contributed by atoms with Crippen LogP contribution < -0.4 is 4.18 Å². The maximum atomic E-state index is 15.2. The molecule has 0 radical (unpaired) electrons. The lowest BCUT2D eigenvalue weighted by molar-refractivity contribution is 0.399. The van der Waals surface area contributed by atoms with Crippen LogP contribution in [-0.2, 0) is 33.1 Å². The van der Waals surface area contributed by atoms with Gasteiger partial charge in [0.05, 0.1) is 4.90 Å². The minimum Gasteiger partial charge on any atom is -0.378 e. The Morgan fingerprint density at radius 2 is 1.44 bits per heavy atom. The Bertz CT molecular complexity index is 1910. The molecule has 0 saturated heterocycles. The van der Waals surface area contributed by atoms with Crippen molar-refractivity contribution in [3.63, 3.8) is 0 Å². The number of fused-ring (bicyclic) bond motifs is 6. The lowest BCUT2D eigenvalue weighted by Crippen LogP contribution is -2.23. The van der Waals surface area contributed by atoms with Gasteiger partial charge in [-0.3, -0.25) is 4.55 Å². The van der Waals surface area contributed by atoms with Crippen LogP contribution in [-0.4, -0.2) is 21.4 Å². The van der Waals surface area contributed by atoms with E-state index in [1.165, 1.54) is 31.7 Å². The Hall–Kier alpha value is -2.42. The molecule has 4 saturated carbocycles. The molecule has 3 aromatic rings. The molecule has 0 amide bonds. The molecule has 8 heteroatoms. The first-order valence-electron chi connectivity index (χ1n) is 17.2. The van der Waals surface area contributed by atoms with Crippen LogP contribution in [0.15, 0.2) is 46.2 Å². The van der Waals surface area contributed by atoms with Crippen molar-refractivity contribution in [1.82, 2.24) is 0 Å². The van der Waals surface area contributed by atoms with E-state index in [4.69, 9.17) is 4.18 Å². The highest BCUT2D eigenvalue weighted by molar-refractivity contribution is 7.87. The first-order chi connectivity index (χ1) is 21.5. The van der Waals surface area contributed by atoms with Gasteiger partial charge in [-0.05, 0) is 145 Å². The first-order valence-corrected chi connectivity index (χ1v) is 20.0. The van der Waals surface area contributed by atoms with Gasteiger partial charge in [0, 0.05) is 11.1 Å². The average molecular weight is 649 g/mol. The van der Waals surface area contributed by atoms with E-state index < -0.39 is 20.2 Å². The van der Waals surface area contributed by atoms with Crippen molar-refractivity contribution in [2.24, 2.45) is 23.7 Å². The fourth-order valence-corrected chi connectivity index (χ4v) is 12.7. The molecule has 0 aliphatic heterocycles. The highest BCUT2D eigenvalue weighted by Crippen LogP contribution is 2.59. The second-order valence-corrected chi connectivity index (χ2v) is 18.0. The Kier molecular flexibility index (Phi) is 7.20. The molecular formula is C37H44O6S2. The van der Waals surface area contributed by atoms with E-state index in [9.17, 15) is 13.0 Å². The minimum atomic E-state index is -4.49. The monoisotopic (exact) mass is 648 g/mol. The molecular weight excluding hydrogens is 605 g/mol. The van der Waals surface area contributed by atoms with Gasteiger partial charge in [-0.15, -0.1) is 0 Å². The molecule has 240 valence electrons. The molecule has 4 bridgehead atoms. The summed E-state index contributed by atoms with van der Waals surface area (Å²) in [6, 6.07) is 11.9. The molecule has 45 heavy (non-hydrogen) atoms. The zero-order valence-electron chi connectivity index (χ0n) is 26.3. The largest absolute Gasteiger partial charge is 0.378 e. The van der Waals surface area contributed by atoms with Gasteiger partial charge in [0.15, 0.2) is 0 Å². The van der Waals surface area contributed by atoms with Gasteiger partial charge in [0.25, 0.3) is 10.1 Å². The second-order valence-electron chi connectivity index (χ2n) is 15.1. The Labute approximate surface area is 267 Å². The van der Waals surface area contributed by atoms with Gasteiger partial charge < -0.3 is 4.18 Å². The minimum absolute atomic E-state index is 0.110. The van der Waals surface area contributed by atoms with E-state index in [0.717, 1.165) is 60.4 Å².